The van der Waals surface area contributed by atoms with Gasteiger partial charge in [-0.2, -0.15) is 5.10 Å². The summed E-state index contributed by atoms with van der Waals surface area (Å²) in [6.45, 7) is -0.00666. The number of nitrogens with zero attached hydrogens (tertiary/aromatic N) is 4. The van der Waals surface area contributed by atoms with Gasteiger partial charge in [0.15, 0.2) is 5.75 Å². The first-order valence-corrected chi connectivity index (χ1v) is 15.3. The Kier molecular flexibility index (Phi) is 10.9. The molecule has 0 heterocycles. The number of aliphatic hydroxyl groups excluding tert-OH is 1. The molecule has 2 atom stereocenters. The maximum atomic E-state index is 9.13. The van der Waals surface area contributed by atoms with Crippen LogP contribution in [-0.4, -0.2) is 48.3 Å². The predicted molar refractivity (Wildman–Crippen MR) is 154 cm³/mol. The molecule has 0 amide bonds. The molecule has 188 valence electrons. The average molecular weight is 562 g/mol. The summed E-state index contributed by atoms with van der Waals surface area (Å²) < 4.78 is 20.1. The molecular formula is C24H27N4O4P2S2+. The first-order valence-electron chi connectivity index (χ1n) is 10.7. The summed E-state index contributed by atoms with van der Waals surface area (Å²) in [6.07, 6.45) is 3.44. The molecule has 12 heteroatoms. The third-order valence-corrected chi connectivity index (χ3v) is 8.57. The number of methoxy groups -OCH3 is 1. The Morgan fingerprint density at radius 2 is 1.42 bits per heavy atom. The molecule has 0 fully saturated rings. The summed E-state index contributed by atoms with van der Waals surface area (Å²) >= 11 is 9.99. The van der Waals surface area contributed by atoms with Crippen LogP contribution in [0.1, 0.15) is 16.7 Å². The smallest absolute Gasteiger partial charge is 0.497 e. The van der Waals surface area contributed by atoms with Gasteiger partial charge in [0.05, 0.1) is 33.2 Å². The van der Waals surface area contributed by atoms with Crippen molar-refractivity contribution in [1.82, 2.24) is 9.56 Å². The summed E-state index contributed by atoms with van der Waals surface area (Å²) in [5.41, 5.74) is 2.64. The van der Waals surface area contributed by atoms with Crippen molar-refractivity contribution in [1.29, 1.82) is 0 Å². The van der Waals surface area contributed by atoms with Crippen molar-refractivity contribution in [3.05, 3.63) is 89.5 Å². The van der Waals surface area contributed by atoms with Gasteiger partial charge in [0.1, 0.15) is 11.5 Å². The van der Waals surface area contributed by atoms with E-state index in [1.54, 1.807) is 67.5 Å². The molecule has 0 bridgehead atoms. The summed E-state index contributed by atoms with van der Waals surface area (Å²) in [4.78, 5) is 0. The van der Waals surface area contributed by atoms with E-state index in [9.17, 15) is 0 Å². The molecule has 0 aliphatic rings. The van der Waals surface area contributed by atoms with Crippen LogP contribution in [0.3, 0.4) is 0 Å². The molecule has 0 radical (unpaired) electrons. The third-order valence-electron chi connectivity index (χ3n) is 4.70. The molecule has 3 aromatic carbocycles. The average Bonchev–Trinajstić information content (AvgIpc) is 2.91. The number of thiol groups is 1. The van der Waals surface area contributed by atoms with Gasteiger partial charge in [-0.05, 0) is 77.4 Å². The van der Waals surface area contributed by atoms with Gasteiger partial charge in [0.2, 0.25) is 11.8 Å². The highest BCUT2D eigenvalue weighted by Gasteiger charge is 2.20. The van der Waals surface area contributed by atoms with Crippen LogP contribution in [0.2, 0.25) is 0 Å². The molecule has 36 heavy (non-hydrogen) atoms. The molecule has 0 saturated heterocycles. The van der Waals surface area contributed by atoms with Crippen molar-refractivity contribution in [2.45, 2.75) is 6.61 Å². The van der Waals surface area contributed by atoms with Crippen LogP contribution in [0.5, 0.6) is 17.2 Å². The number of ether oxygens (including phenoxy) is 1. The highest BCUT2D eigenvalue weighted by molar-refractivity contribution is 8.42. The third kappa shape index (κ3) is 8.73. The Hall–Kier alpha value is -2.74. The number of benzene rings is 3. The van der Waals surface area contributed by atoms with E-state index in [0.717, 1.165) is 22.4 Å². The van der Waals surface area contributed by atoms with Crippen molar-refractivity contribution >= 4 is 51.1 Å². The van der Waals surface area contributed by atoms with Crippen LogP contribution < -0.4 is 13.8 Å². The molecule has 0 aliphatic carbocycles. The second kappa shape index (κ2) is 14.1. The van der Waals surface area contributed by atoms with Crippen LogP contribution in [0.15, 0.2) is 83.0 Å². The zero-order valence-electron chi connectivity index (χ0n) is 20.0. The molecule has 0 aliphatic heterocycles. The van der Waals surface area contributed by atoms with Crippen LogP contribution in [0, 0.1) is 0 Å². The van der Waals surface area contributed by atoms with Crippen molar-refractivity contribution in [3.63, 3.8) is 0 Å². The highest BCUT2D eigenvalue weighted by atomic mass is 32.7. The van der Waals surface area contributed by atoms with E-state index < -0.39 is 14.6 Å². The predicted octanol–water partition coefficient (Wildman–Crippen LogP) is 5.81. The Bertz CT molecular complexity index is 1180. The molecule has 0 aromatic heterocycles. The first kappa shape index (κ1) is 27.8. The number of aliphatic hydroxyl groups is 1. The zero-order chi connectivity index (χ0) is 25.9. The van der Waals surface area contributed by atoms with Gasteiger partial charge in [0.25, 0.3) is 7.50 Å². The minimum absolute atomic E-state index is 0.00666. The number of rotatable bonds is 12. The maximum absolute atomic E-state index is 9.13. The van der Waals surface area contributed by atoms with E-state index in [4.69, 9.17) is 30.7 Å². The molecule has 3 aromatic rings. The van der Waals surface area contributed by atoms with Crippen LogP contribution >= 0.6 is 26.8 Å². The van der Waals surface area contributed by atoms with Crippen molar-refractivity contribution in [2.75, 3.05) is 21.2 Å². The molecule has 0 saturated carbocycles. The minimum Gasteiger partial charge on any atom is -0.497 e. The Morgan fingerprint density at radius 3 is 1.97 bits per heavy atom. The summed E-state index contributed by atoms with van der Waals surface area (Å²) in [5, 5.41) is 17.9. The van der Waals surface area contributed by atoms with Gasteiger partial charge < -0.3 is 14.4 Å². The number of hydrogen-bond acceptors (Lipinski definition) is 9. The minimum atomic E-state index is -1.37. The van der Waals surface area contributed by atoms with Crippen molar-refractivity contribution in [3.8, 4) is 17.2 Å². The lowest BCUT2D eigenvalue weighted by molar-refractivity contribution is 0.282. The lowest BCUT2D eigenvalue weighted by atomic mass is 10.2. The van der Waals surface area contributed by atoms with Gasteiger partial charge in [-0.1, -0.05) is 29.2 Å². The first-order chi connectivity index (χ1) is 17.4. The molecule has 3 rings (SSSR count). The Labute approximate surface area is 223 Å². The molecule has 1 N–H and O–H groups in total. The molecule has 2 unspecified atom stereocenters. The van der Waals surface area contributed by atoms with Gasteiger partial charge >= 0.3 is 7.07 Å². The Balaban J connectivity index is 1.49. The monoisotopic (exact) mass is 561 g/mol. The van der Waals surface area contributed by atoms with Crippen LogP contribution in [-0.2, 0) is 18.4 Å². The van der Waals surface area contributed by atoms with Crippen LogP contribution in [0.4, 0.5) is 0 Å². The normalized spacial score (nSPS) is 12.4. The maximum Gasteiger partial charge on any atom is 0.540 e. The van der Waals surface area contributed by atoms with Gasteiger partial charge in [-0.25, -0.2) is 4.78 Å². The number of hydrazone groups is 2. The molecule has 0 spiro atoms. The lowest BCUT2D eigenvalue weighted by Gasteiger charge is -2.20. The van der Waals surface area contributed by atoms with Crippen molar-refractivity contribution < 1.29 is 18.9 Å². The van der Waals surface area contributed by atoms with E-state index in [1.807, 2.05) is 48.5 Å². The summed E-state index contributed by atoms with van der Waals surface area (Å²) in [5.74, 6) is 2.11. The highest BCUT2D eigenvalue weighted by Crippen LogP contribution is 2.45. The fourth-order valence-corrected chi connectivity index (χ4v) is 4.58. The lowest BCUT2D eigenvalue weighted by Crippen LogP contribution is -2.05. The van der Waals surface area contributed by atoms with E-state index in [0.29, 0.717) is 11.5 Å². The largest absolute Gasteiger partial charge is 0.540 e. The fourth-order valence-electron chi connectivity index (χ4n) is 2.65. The summed E-state index contributed by atoms with van der Waals surface area (Å²) in [7, 11) is 2.57. The van der Waals surface area contributed by atoms with E-state index in [1.165, 1.54) is 0 Å². The molecular weight excluding hydrogens is 534 g/mol. The SMILES string of the molecule is COc1ccc(/C=N/N(C)[P+](=S)Oc2ccc(/C=N/N(C)P(S)Oc3ccc(CO)cc3)cc2)cc1. The fraction of sp³-hybridized carbons (Fsp3) is 0.167. The van der Waals surface area contributed by atoms with Gasteiger partial charge in [-0.15, -0.1) is 5.10 Å². The summed E-state index contributed by atoms with van der Waals surface area (Å²) in [6, 6.07) is 22.2. The van der Waals surface area contributed by atoms with Crippen molar-refractivity contribution in [2.24, 2.45) is 10.2 Å². The second-order valence-corrected chi connectivity index (χ2v) is 11.8. The van der Waals surface area contributed by atoms with E-state index >= 15 is 0 Å². The molecule has 8 nitrogen and oxygen atoms in total. The van der Waals surface area contributed by atoms with Gasteiger partial charge in [0, 0.05) is 7.05 Å². The second-order valence-electron chi connectivity index (χ2n) is 7.29. The van der Waals surface area contributed by atoms with E-state index in [-0.39, 0.29) is 6.61 Å². The Morgan fingerprint density at radius 1 is 0.889 bits per heavy atom. The quantitative estimate of drug-likeness (QED) is 0.125. The zero-order valence-corrected chi connectivity index (χ0v) is 23.5. The van der Waals surface area contributed by atoms with Gasteiger partial charge in [-0.3, -0.25) is 4.52 Å². The topological polar surface area (TPSA) is 79.1 Å². The number of hydrogen-bond donors (Lipinski definition) is 2. The standard InChI is InChI=1S/C24H27N4O4P2S2/c1-27(25-16-19-4-10-22(30-3)11-5-19)33(35)31-23-12-6-20(7-13-23)17-26-28(2)34(36)32-24-14-8-21(18-29)9-15-24/h4-17,29,36H,18H2,1-3H3/q+1/b25-16+,26-17+. The van der Waals surface area contributed by atoms with Crippen LogP contribution in [0.25, 0.3) is 0 Å². The van der Waals surface area contributed by atoms with E-state index in [2.05, 4.69) is 22.5 Å².